The lowest BCUT2D eigenvalue weighted by molar-refractivity contribution is -0.0157. The monoisotopic (exact) mass is 459 g/mol. The summed E-state index contributed by atoms with van der Waals surface area (Å²) in [4.78, 5) is 41.0. The van der Waals surface area contributed by atoms with Crippen LogP contribution in [0.2, 0.25) is 0 Å². The number of aromatic nitrogens is 1. The van der Waals surface area contributed by atoms with Crippen molar-refractivity contribution in [3.05, 3.63) is 101 Å². The number of hydrogen-bond acceptors (Lipinski definition) is 7. The van der Waals surface area contributed by atoms with Crippen molar-refractivity contribution in [2.45, 2.75) is 12.3 Å². The fraction of sp³-hybridized carbons (Fsp3) is 0.259. The van der Waals surface area contributed by atoms with Crippen molar-refractivity contribution >= 4 is 17.9 Å². The summed E-state index contributed by atoms with van der Waals surface area (Å²) in [6, 6.07) is 21.1. The van der Waals surface area contributed by atoms with Gasteiger partial charge in [-0.1, -0.05) is 36.4 Å². The molecule has 34 heavy (non-hydrogen) atoms. The Kier molecular flexibility index (Phi) is 7.32. The van der Waals surface area contributed by atoms with Gasteiger partial charge in [0.15, 0.2) is 0 Å². The summed E-state index contributed by atoms with van der Waals surface area (Å²) < 4.78 is 15.9. The summed E-state index contributed by atoms with van der Waals surface area (Å²) in [6.45, 7) is 0.393. The van der Waals surface area contributed by atoms with Gasteiger partial charge in [0, 0.05) is 29.6 Å². The van der Waals surface area contributed by atoms with E-state index in [4.69, 9.17) is 14.2 Å². The molecule has 0 amide bonds. The van der Waals surface area contributed by atoms with Crippen molar-refractivity contribution in [3.63, 3.8) is 0 Å². The van der Waals surface area contributed by atoms with Crippen LogP contribution in [0, 0.1) is 11.8 Å². The van der Waals surface area contributed by atoms with Gasteiger partial charge in [-0.05, 0) is 42.8 Å². The Hall–Kier alpha value is -4.00. The number of ether oxygens (including phenoxy) is 3. The molecule has 1 aromatic heterocycles. The average Bonchev–Trinajstić information content (AvgIpc) is 2.88. The highest BCUT2D eigenvalue weighted by Gasteiger charge is 2.44. The van der Waals surface area contributed by atoms with Gasteiger partial charge in [-0.3, -0.25) is 4.98 Å². The van der Waals surface area contributed by atoms with Crippen LogP contribution < -0.4 is 0 Å². The summed E-state index contributed by atoms with van der Waals surface area (Å²) in [5.74, 6) is -1.29. The van der Waals surface area contributed by atoms with E-state index in [-0.39, 0.29) is 36.9 Å². The zero-order valence-corrected chi connectivity index (χ0v) is 18.8. The van der Waals surface area contributed by atoms with Crippen LogP contribution in [0.1, 0.15) is 49.1 Å². The van der Waals surface area contributed by atoms with Crippen molar-refractivity contribution in [1.82, 2.24) is 4.98 Å². The van der Waals surface area contributed by atoms with Crippen LogP contribution in [0.5, 0.6) is 0 Å². The smallest absolute Gasteiger partial charge is 0.339 e. The van der Waals surface area contributed by atoms with E-state index in [0.717, 1.165) is 12.1 Å². The second-order valence-electron chi connectivity index (χ2n) is 8.16. The molecule has 1 unspecified atom stereocenters. The Labute approximate surface area is 197 Å². The molecule has 3 atom stereocenters. The molecule has 7 heteroatoms. The highest BCUT2D eigenvalue weighted by molar-refractivity contribution is 5.90. The molecule has 4 rings (SSSR count). The van der Waals surface area contributed by atoms with Crippen molar-refractivity contribution < 1.29 is 28.6 Å². The van der Waals surface area contributed by atoms with Crippen molar-refractivity contribution in [1.29, 1.82) is 0 Å². The summed E-state index contributed by atoms with van der Waals surface area (Å²) in [5.41, 5.74) is 2.13. The SMILES string of the molecule is COC(=O)c1ccc(C2C[C@H](COC(=O)c3ccccc3)[C@H]2COC(=O)c2ccccc2)nc1. The molecule has 1 aliphatic carbocycles. The number of hydrogen-bond donors (Lipinski definition) is 0. The van der Waals surface area contributed by atoms with E-state index >= 15 is 0 Å². The molecule has 174 valence electrons. The van der Waals surface area contributed by atoms with Crippen LogP contribution in [0.4, 0.5) is 0 Å². The number of nitrogens with zero attached hydrogens (tertiary/aromatic N) is 1. The molecular weight excluding hydrogens is 434 g/mol. The Bertz CT molecular complexity index is 1130. The molecule has 1 saturated carbocycles. The topological polar surface area (TPSA) is 91.8 Å². The number of carbonyl (C=O) groups excluding carboxylic acids is 3. The van der Waals surface area contributed by atoms with E-state index in [1.165, 1.54) is 13.3 Å². The molecule has 7 nitrogen and oxygen atoms in total. The number of esters is 3. The molecule has 1 heterocycles. The molecule has 0 N–H and O–H groups in total. The molecule has 1 fully saturated rings. The van der Waals surface area contributed by atoms with E-state index < -0.39 is 11.9 Å². The number of carbonyl (C=O) groups is 3. The first kappa shape index (κ1) is 23.2. The zero-order chi connectivity index (χ0) is 23.9. The number of pyridine rings is 1. The summed E-state index contributed by atoms with van der Waals surface area (Å²) in [6.07, 6.45) is 2.21. The van der Waals surface area contributed by atoms with Gasteiger partial charge in [-0.25, -0.2) is 14.4 Å². The number of methoxy groups -OCH3 is 1. The molecule has 2 aromatic carbocycles. The van der Waals surface area contributed by atoms with Crippen molar-refractivity contribution in [2.75, 3.05) is 20.3 Å². The Balaban J connectivity index is 1.43. The molecule has 0 radical (unpaired) electrons. The quantitative estimate of drug-likeness (QED) is 0.366. The third-order valence-corrected chi connectivity index (χ3v) is 6.12. The molecule has 0 saturated heterocycles. The maximum absolute atomic E-state index is 12.5. The van der Waals surface area contributed by atoms with Gasteiger partial charge in [0.25, 0.3) is 0 Å². The highest BCUT2D eigenvalue weighted by atomic mass is 16.5. The van der Waals surface area contributed by atoms with E-state index in [2.05, 4.69) is 4.98 Å². The Morgan fingerprint density at radius 2 is 1.35 bits per heavy atom. The largest absolute Gasteiger partial charge is 0.465 e. The van der Waals surface area contributed by atoms with E-state index in [1.54, 1.807) is 60.7 Å². The third kappa shape index (κ3) is 5.31. The Morgan fingerprint density at radius 1 is 0.765 bits per heavy atom. The predicted octanol–water partition coefficient (Wildman–Crippen LogP) is 4.30. The van der Waals surface area contributed by atoms with Gasteiger partial charge in [-0.2, -0.15) is 0 Å². The van der Waals surface area contributed by atoms with Crippen LogP contribution in [-0.4, -0.2) is 43.2 Å². The minimum Gasteiger partial charge on any atom is -0.465 e. The lowest BCUT2D eigenvalue weighted by atomic mass is 9.64. The standard InChI is InChI=1S/C27H25NO6/c1-32-25(29)20-12-13-24(28-15-20)22-14-21(16-33-26(30)18-8-4-2-5-9-18)23(22)17-34-27(31)19-10-6-3-7-11-19/h2-13,15,21-23H,14,16-17H2,1H3/t21-,22?,23-/m1/s1. The van der Waals surface area contributed by atoms with E-state index in [1.807, 2.05) is 12.1 Å². The summed E-state index contributed by atoms with van der Waals surface area (Å²) in [5, 5.41) is 0. The molecule has 3 aromatic rings. The highest BCUT2D eigenvalue weighted by Crippen LogP contribution is 2.47. The van der Waals surface area contributed by atoms with Crippen LogP contribution in [0.3, 0.4) is 0 Å². The van der Waals surface area contributed by atoms with E-state index in [9.17, 15) is 14.4 Å². The minimum atomic E-state index is -0.452. The predicted molar refractivity (Wildman–Crippen MR) is 123 cm³/mol. The molecule has 0 spiro atoms. The fourth-order valence-electron chi connectivity index (χ4n) is 4.13. The molecule has 0 aliphatic heterocycles. The van der Waals surface area contributed by atoms with Crippen molar-refractivity contribution in [2.24, 2.45) is 11.8 Å². The van der Waals surface area contributed by atoms with Crippen LogP contribution >= 0.6 is 0 Å². The normalized spacial score (nSPS) is 18.9. The molecule has 0 bridgehead atoms. The first-order valence-electron chi connectivity index (χ1n) is 11.1. The first-order valence-corrected chi connectivity index (χ1v) is 11.1. The van der Waals surface area contributed by atoms with Crippen LogP contribution in [0.15, 0.2) is 79.0 Å². The third-order valence-electron chi connectivity index (χ3n) is 6.12. The molecule has 1 aliphatic rings. The lowest BCUT2D eigenvalue weighted by Gasteiger charge is -2.43. The maximum atomic E-state index is 12.5. The number of benzene rings is 2. The van der Waals surface area contributed by atoms with Gasteiger partial charge in [0.2, 0.25) is 0 Å². The van der Waals surface area contributed by atoms with Crippen molar-refractivity contribution in [3.8, 4) is 0 Å². The average molecular weight is 459 g/mol. The maximum Gasteiger partial charge on any atom is 0.339 e. The minimum absolute atomic E-state index is 0.00991. The number of rotatable bonds is 8. The van der Waals surface area contributed by atoms with Gasteiger partial charge in [0.1, 0.15) is 0 Å². The zero-order valence-electron chi connectivity index (χ0n) is 18.8. The first-order chi connectivity index (χ1) is 16.6. The second-order valence-corrected chi connectivity index (χ2v) is 8.16. The van der Waals surface area contributed by atoms with Gasteiger partial charge < -0.3 is 14.2 Å². The lowest BCUT2D eigenvalue weighted by Crippen LogP contribution is -2.42. The van der Waals surface area contributed by atoms with Gasteiger partial charge in [0.05, 0.1) is 37.0 Å². The van der Waals surface area contributed by atoms with Crippen LogP contribution in [0.25, 0.3) is 0 Å². The van der Waals surface area contributed by atoms with Gasteiger partial charge >= 0.3 is 17.9 Å². The van der Waals surface area contributed by atoms with Gasteiger partial charge in [-0.15, -0.1) is 0 Å². The summed E-state index contributed by atoms with van der Waals surface area (Å²) >= 11 is 0. The fourth-order valence-corrected chi connectivity index (χ4v) is 4.13. The van der Waals surface area contributed by atoms with Crippen LogP contribution in [-0.2, 0) is 14.2 Å². The second kappa shape index (κ2) is 10.7. The Morgan fingerprint density at radius 3 is 1.88 bits per heavy atom. The molecular formula is C27H25NO6. The van der Waals surface area contributed by atoms with E-state index in [0.29, 0.717) is 16.7 Å². The summed E-state index contributed by atoms with van der Waals surface area (Å²) in [7, 11) is 1.32.